The van der Waals surface area contributed by atoms with Crippen LogP contribution in [0.15, 0.2) is 24.3 Å². The highest BCUT2D eigenvalue weighted by molar-refractivity contribution is 7.91. The monoisotopic (exact) mass is 303 g/mol. The molecule has 1 N–H and O–H groups in total. The fourth-order valence-corrected chi connectivity index (χ4v) is 3.63. The number of aliphatic hydroxyl groups is 1. The molecule has 0 aliphatic carbocycles. The highest BCUT2D eigenvalue weighted by atomic mass is 35.5. The normalized spacial score (nSPS) is 21.2. The van der Waals surface area contributed by atoms with Crippen molar-refractivity contribution in [1.29, 1.82) is 0 Å². The largest absolute Gasteiger partial charge is 0.388 e. The molecule has 1 aliphatic heterocycles. The summed E-state index contributed by atoms with van der Waals surface area (Å²) in [4.78, 5) is 2.08. The zero-order chi connectivity index (χ0) is 13.9. The minimum atomic E-state index is -2.83. The number of sulfone groups is 1. The van der Waals surface area contributed by atoms with Crippen LogP contribution in [0.1, 0.15) is 18.1 Å². The first-order valence-corrected chi connectivity index (χ1v) is 8.52. The number of benzene rings is 1. The molecule has 0 aromatic heterocycles. The van der Waals surface area contributed by atoms with Gasteiger partial charge in [-0.1, -0.05) is 23.7 Å². The molecular formula is C13H18ClNO3S. The summed E-state index contributed by atoms with van der Waals surface area (Å²) in [5, 5.41) is 10.7. The Labute approximate surface area is 118 Å². The lowest BCUT2D eigenvalue weighted by Gasteiger charge is -2.27. The number of hydrogen-bond donors (Lipinski definition) is 1. The topological polar surface area (TPSA) is 57.6 Å². The predicted molar refractivity (Wildman–Crippen MR) is 76.1 cm³/mol. The average Bonchev–Trinajstić information content (AvgIpc) is 2.37. The van der Waals surface area contributed by atoms with Gasteiger partial charge in [0.2, 0.25) is 0 Å². The average molecular weight is 304 g/mol. The molecule has 0 amide bonds. The molecule has 0 bridgehead atoms. The summed E-state index contributed by atoms with van der Waals surface area (Å²) in [7, 11) is -2.83. The Hall–Kier alpha value is -0.620. The maximum absolute atomic E-state index is 11.3. The molecule has 4 nitrogen and oxygen atoms in total. The van der Waals surface area contributed by atoms with Crippen LogP contribution in [-0.2, 0) is 9.84 Å². The molecule has 0 spiro atoms. The van der Waals surface area contributed by atoms with Crippen LogP contribution in [0.3, 0.4) is 0 Å². The molecule has 19 heavy (non-hydrogen) atoms. The Morgan fingerprint density at radius 1 is 1.32 bits per heavy atom. The van der Waals surface area contributed by atoms with E-state index in [1.807, 2.05) is 12.1 Å². The summed E-state index contributed by atoms with van der Waals surface area (Å²) in [6, 6.07) is 7.19. The van der Waals surface area contributed by atoms with Crippen LogP contribution in [0.4, 0.5) is 0 Å². The van der Waals surface area contributed by atoms with Gasteiger partial charge in [-0.15, -0.1) is 0 Å². The van der Waals surface area contributed by atoms with Gasteiger partial charge in [0.1, 0.15) is 0 Å². The van der Waals surface area contributed by atoms with E-state index in [9.17, 15) is 13.5 Å². The molecule has 1 aromatic carbocycles. The molecule has 1 aliphatic rings. The number of hydrogen-bond acceptors (Lipinski definition) is 4. The van der Waals surface area contributed by atoms with Crippen LogP contribution in [0.5, 0.6) is 0 Å². The summed E-state index contributed by atoms with van der Waals surface area (Å²) in [5.74, 6) is 0.445. The summed E-state index contributed by atoms with van der Waals surface area (Å²) in [6.45, 7) is 1.82. The first-order chi connectivity index (χ1) is 8.96. The molecule has 1 heterocycles. The SMILES string of the molecule is O=S1(=O)CCN(CCC(O)c2cccc(Cl)c2)CC1. The van der Waals surface area contributed by atoms with E-state index in [4.69, 9.17) is 11.6 Å². The van der Waals surface area contributed by atoms with Crippen molar-refractivity contribution >= 4 is 21.4 Å². The second kappa shape index (κ2) is 6.22. The third kappa shape index (κ3) is 4.45. The maximum Gasteiger partial charge on any atom is 0.152 e. The molecule has 1 aromatic rings. The molecule has 1 saturated heterocycles. The van der Waals surface area contributed by atoms with Gasteiger partial charge >= 0.3 is 0 Å². The van der Waals surface area contributed by atoms with Gasteiger partial charge in [0.25, 0.3) is 0 Å². The first kappa shape index (κ1) is 14.8. The van der Waals surface area contributed by atoms with Crippen molar-refractivity contribution in [1.82, 2.24) is 4.90 Å². The van der Waals surface area contributed by atoms with Crippen molar-refractivity contribution in [3.8, 4) is 0 Å². The second-order valence-electron chi connectivity index (χ2n) is 4.85. The summed E-state index contributed by atoms with van der Waals surface area (Å²) < 4.78 is 22.6. The number of rotatable bonds is 4. The van der Waals surface area contributed by atoms with E-state index in [2.05, 4.69) is 4.90 Å². The van der Waals surface area contributed by atoms with Gasteiger partial charge in [0, 0.05) is 24.7 Å². The maximum atomic E-state index is 11.3. The van der Waals surface area contributed by atoms with E-state index < -0.39 is 15.9 Å². The molecule has 1 unspecified atom stereocenters. The van der Waals surface area contributed by atoms with Crippen LogP contribution >= 0.6 is 11.6 Å². The van der Waals surface area contributed by atoms with Gasteiger partial charge in [-0.05, 0) is 24.1 Å². The first-order valence-electron chi connectivity index (χ1n) is 6.32. The highest BCUT2D eigenvalue weighted by Crippen LogP contribution is 2.20. The Kier molecular flexibility index (Phi) is 4.84. The Bertz CT molecular complexity index is 518. The molecule has 1 fully saturated rings. The summed E-state index contributed by atoms with van der Waals surface area (Å²) in [6.07, 6.45) is 0.0256. The van der Waals surface area contributed by atoms with Gasteiger partial charge in [-0.3, -0.25) is 0 Å². The quantitative estimate of drug-likeness (QED) is 0.916. The summed E-state index contributed by atoms with van der Waals surface area (Å²) >= 11 is 5.88. The van der Waals surface area contributed by atoms with Crippen LogP contribution < -0.4 is 0 Å². The van der Waals surface area contributed by atoms with E-state index in [-0.39, 0.29) is 11.5 Å². The van der Waals surface area contributed by atoms with Crippen LogP contribution in [0.25, 0.3) is 0 Å². The molecule has 2 rings (SSSR count). The van der Waals surface area contributed by atoms with Gasteiger partial charge in [0.05, 0.1) is 17.6 Å². The van der Waals surface area contributed by atoms with Crippen molar-refractivity contribution in [3.05, 3.63) is 34.9 Å². The minimum Gasteiger partial charge on any atom is -0.388 e. The highest BCUT2D eigenvalue weighted by Gasteiger charge is 2.21. The zero-order valence-electron chi connectivity index (χ0n) is 10.6. The zero-order valence-corrected chi connectivity index (χ0v) is 12.2. The molecule has 0 radical (unpaired) electrons. The van der Waals surface area contributed by atoms with E-state index >= 15 is 0 Å². The van der Waals surface area contributed by atoms with E-state index in [1.165, 1.54) is 0 Å². The van der Waals surface area contributed by atoms with E-state index in [1.54, 1.807) is 12.1 Å². The van der Waals surface area contributed by atoms with Gasteiger partial charge in [-0.25, -0.2) is 8.42 Å². The third-order valence-electron chi connectivity index (χ3n) is 3.39. The van der Waals surface area contributed by atoms with Crippen LogP contribution in [0.2, 0.25) is 5.02 Å². The lowest BCUT2D eigenvalue weighted by Crippen LogP contribution is -2.40. The predicted octanol–water partition coefficient (Wildman–Crippen LogP) is 1.49. The van der Waals surface area contributed by atoms with Gasteiger partial charge < -0.3 is 10.0 Å². The minimum absolute atomic E-state index is 0.222. The van der Waals surface area contributed by atoms with Crippen LogP contribution in [-0.4, -0.2) is 49.6 Å². The molecule has 6 heteroatoms. The van der Waals surface area contributed by atoms with Crippen molar-refractivity contribution in [3.63, 3.8) is 0 Å². The third-order valence-corrected chi connectivity index (χ3v) is 5.23. The van der Waals surface area contributed by atoms with E-state index in [0.29, 0.717) is 31.1 Å². The Morgan fingerprint density at radius 2 is 2.00 bits per heavy atom. The Balaban J connectivity index is 1.83. The number of nitrogens with zero attached hydrogens (tertiary/aromatic N) is 1. The van der Waals surface area contributed by atoms with Crippen molar-refractivity contribution in [2.45, 2.75) is 12.5 Å². The van der Waals surface area contributed by atoms with Gasteiger partial charge in [0.15, 0.2) is 9.84 Å². The molecule has 0 saturated carbocycles. The molecular weight excluding hydrogens is 286 g/mol. The van der Waals surface area contributed by atoms with Gasteiger partial charge in [-0.2, -0.15) is 0 Å². The molecule has 1 atom stereocenters. The molecule has 106 valence electrons. The fourth-order valence-electron chi connectivity index (χ4n) is 2.16. The standard InChI is InChI=1S/C13H18ClNO3S/c14-12-3-1-2-11(10-12)13(16)4-5-15-6-8-19(17,18)9-7-15/h1-3,10,13,16H,4-9H2. The number of aliphatic hydroxyl groups excluding tert-OH is 1. The smallest absolute Gasteiger partial charge is 0.152 e. The van der Waals surface area contributed by atoms with E-state index in [0.717, 1.165) is 5.56 Å². The number of halogens is 1. The van der Waals surface area contributed by atoms with Crippen molar-refractivity contribution < 1.29 is 13.5 Å². The fraction of sp³-hybridized carbons (Fsp3) is 0.538. The van der Waals surface area contributed by atoms with Crippen molar-refractivity contribution in [2.75, 3.05) is 31.1 Å². The van der Waals surface area contributed by atoms with Crippen molar-refractivity contribution in [2.24, 2.45) is 0 Å². The Morgan fingerprint density at radius 3 is 2.63 bits per heavy atom. The van der Waals surface area contributed by atoms with Crippen LogP contribution in [0, 0.1) is 0 Å². The summed E-state index contributed by atoms with van der Waals surface area (Å²) in [5.41, 5.74) is 0.803. The lowest BCUT2D eigenvalue weighted by atomic mass is 10.1. The lowest BCUT2D eigenvalue weighted by molar-refractivity contribution is 0.144. The second-order valence-corrected chi connectivity index (χ2v) is 7.59.